The highest BCUT2D eigenvalue weighted by atomic mass is 35.5. The van der Waals surface area contributed by atoms with Crippen molar-refractivity contribution in [3.63, 3.8) is 0 Å². The number of hydrogen-bond donors (Lipinski definition) is 1. The van der Waals surface area contributed by atoms with Gasteiger partial charge in [0.15, 0.2) is 0 Å². The third-order valence-electron chi connectivity index (χ3n) is 3.64. The first-order chi connectivity index (χ1) is 12.5. The Kier molecular flexibility index (Phi) is 8.29. The first-order valence-corrected chi connectivity index (χ1v) is 9.90. The van der Waals surface area contributed by atoms with E-state index in [0.717, 1.165) is 10.5 Å². The van der Waals surface area contributed by atoms with Crippen molar-refractivity contribution in [2.75, 3.05) is 18.8 Å². The van der Waals surface area contributed by atoms with Gasteiger partial charge in [0.05, 0.1) is 17.3 Å². The molecule has 2 aromatic rings. The zero-order valence-corrected chi connectivity index (χ0v) is 16.7. The number of benzene rings is 2. The van der Waals surface area contributed by atoms with Crippen molar-refractivity contribution in [1.29, 1.82) is 0 Å². The first kappa shape index (κ1) is 20.6. The molecule has 2 aromatic carbocycles. The van der Waals surface area contributed by atoms with Gasteiger partial charge in [-0.2, -0.15) is 0 Å². The second kappa shape index (κ2) is 10.5. The molecule has 0 aliphatic rings. The van der Waals surface area contributed by atoms with Crippen LogP contribution in [-0.2, 0) is 16.1 Å². The van der Waals surface area contributed by atoms with Gasteiger partial charge in [-0.3, -0.25) is 9.59 Å². The lowest BCUT2D eigenvalue weighted by Crippen LogP contribution is -2.40. The van der Waals surface area contributed by atoms with Crippen molar-refractivity contribution in [3.8, 4) is 0 Å². The molecule has 0 atom stereocenters. The third-order valence-corrected chi connectivity index (χ3v) is 5.37. The second-order valence-electron chi connectivity index (χ2n) is 5.53. The van der Waals surface area contributed by atoms with Gasteiger partial charge >= 0.3 is 0 Å². The van der Waals surface area contributed by atoms with Crippen LogP contribution in [0, 0.1) is 0 Å². The van der Waals surface area contributed by atoms with Gasteiger partial charge < -0.3 is 10.2 Å². The number of thioether (sulfide) groups is 1. The van der Waals surface area contributed by atoms with E-state index in [-0.39, 0.29) is 24.1 Å². The van der Waals surface area contributed by atoms with Gasteiger partial charge in [-0.05, 0) is 30.7 Å². The molecule has 7 heteroatoms. The lowest BCUT2D eigenvalue weighted by Gasteiger charge is -2.21. The Morgan fingerprint density at radius 2 is 1.85 bits per heavy atom. The normalized spacial score (nSPS) is 10.4. The van der Waals surface area contributed by atoms with E-state index in [4.69, 9.17) is 23.2 Å². The number of amides is 2. The smallest absolute Gasteiger partial charge is 0.242 e. The van der Waals surface area contributed by atoms with Crippen molar-refractivity contribution in [1.82, 2.24) is 10.2 Å². The summed E-state index contributed by atoms with van der Waals surface area (Å²) in [7, 11) is 0. The van der Waals surface area contributed by atoms with Crippen molar-refractivity contribution in [2.24, 2.45) is 0 Å². The molecule has 26 heavy (non-hydrogen) atoms. The topological polar surface area (TPSA) is 49.4 Å². The maximum atomic E-state index is 12.3. The van der Waals surface area contributed by atoms with Crippen LogP contribution in [0.3, 0.4) is 0 Å². The van der Waals surface area contributed by atoms with Crippen molar-refractivity contribution >= 4 is 46.8 Å². The largest absolute Gasteiger partial charge is 0.346 e. The summed E-state index contributed by atoms with van der Waals surface area (Å²) in [6.45, 7) is 3.00. The van der Waals surface area contributed by atoms with Gasteiger partial charge in [0.1, 0.15) is 0 Å². The molecule has 0 aliphatic carbocycles. The number of likely N-dealkylation sites (N-methyl/N-ethyl adjacent to an activating group) is 1. The van der Waals surface area contributed by atoms with Crippen molar-refractivity contribution < 1.29 is 9.59 Å². The summed E-state index contributed by atoms with van der Waals surface area (Å²) in [6, 6.07) is 14.9. The van der Waals surface area contributed by atoms with Crippen LogP contribution in [0.25, 0.3) is 0 Å². The molecule has 1 N–H and O–H groups in total. The van der Waals surface area contributed by atoms with Crippen LogP contribution >= 0.6 is 35.0 Å². The maximum Gasteiger partial charge on any atom is 0.242 e. The fourth-order valence-corrected chi connectivity index (χ4v) is 3.57. The van der Waals surface area contributed by atoms with Gasteiger partial charge in [-0.25, -0.2) is 0 Å². The summed E-state index contributed by atoms with van der Waals surface area (Å²) >= 11 is 13.3. The molecule has 0 aromatic heterocycles. The van der Waals surface area contributed by atoms with Crippen LogP contribution in [0.2, 0.25) is 10.0 Å². The molecule has 0 radical (unpaired) electrons. The van der Waals surface area contributed by atoms with Crippen LogP contribution in [0.5, 0.6) is 0 Å². The summed E-state index contributed by atoms with van der Waals surface area (Å²) in [5, 5.41) is 3.77. The number of carbonyl (C=O) groups excluding carboxylic acids is 2. The Morgan fingerprint density at radius 3 is 2.54 bits per heavy atom. The van der Waals surface area contributed by atoms with Crippen LogP contribution in [0.15, 0.2) is 53.4 Å². The molecule has 0 spiro atoms. The molecule has 0 unspecified atom stereocenters. The molecule has 4 nitrogen and oxygen atoms in total. The molecular formula is C19H20Cl2N2O2S. The van der Waals surface area contributed by atoms with E-state index in [2.05, 4.69) is 5.32 Å². The quantitative estimate of drug-likeness (QED) is 0.661. The zero-order valence-electron chi connectivity index (χ0n) is 14.4. The van der Waals surface area contributed by atoms with E-state index in [1.165, 1.54) is 11.8 Å². The number of hydrogen-bond acceptors (Lipinski definition) is 3. The monoisotopic (exact) mass is 410 g/mol. The Hall–Kier alpha value is -1.69. The molecule has 0 aliphatic heterocycles. The molecule has 0 heterocycles. The molecule has 0 fully saturated rings. The van der Waals surface area contributed by atoms with Crippen molar-refractivity contribution in [2.45, 2.75) is 18.4 Å². The summed E-state index contributed by atoms with van der Waals surface area (Å²) in [5.41, 5.74) is 1.06. The van der Waals surface area contributed by atoms with E-state index >= 15 is 0 Å². The highest BCUT2D eigenvalue weighted by Gasteiger charge is 2.14. The molecule has 2 rings (SSSR count). The summed E-state index contributed by atoms with van der Waals surface area (Å²) < 4.78 is 0. The van der Waals surface area contributed by atoms with Crippen molar-refractivity contribution in [3.05, 3.63) is 64.1 Å². The first-order valence-electron chi connectivity index (χ1n) is 8.16. The Balaban J connectivity index is 1.80. The van der Waals surface area contributed by atoms with Crippen LogP contribution in [0.4, 0.5) is 0 Å². The summed E-state index contributed by atoms with van der Waals surface area (Å²) in [6.07, 6.45) is 0. The SMILES string of the molecule is CCN(Cc1ccccc1)C(=O)CNC(=O)CSc1cc(Cl)ccc1Cl. The van der Waals surface area contributed by atoms with E-state index in [1.54, 1.807) is 23.1 Å². The standard InChI is InChI=1S/C19H20Cl2N2O2S/c1-2-23(12-14-6-4-3-5-7-14)19(25)11-22-18(24)13-26-17-10-15(20)8-9-16(17)21/h3-10H,2,11-13H2,1H3,(H,22,24). The van der Waals surface area contributed by atoms with E-state index < -0.39 is 0 Å². The van der Waals surface area contributed by atoms with Gasteiger partial charge in [-0.1, -0.05) is 53.5 Å². The minimum atomic E-state index is -0.227. The lowest BCUT2D eigenvalue weighted by molar-refractivity contribution is -0.132. The highest BCUT2D eigenvalue weighted by Crippen LogP contribution is 2.29. The average Bonchev–Trinajstić information content (AvgIpc) is 2.65. The third kappa shape index (κ3) is 6.56. The minimum absolute atomic E-state index is 0.0245. The fourth-order valence-electron chi connectivity index (χ4n) is 2.25. The van der Waals surface area contributed by atoms with Gasteiger partial charge in [0, 0.05) is 23.0 Å². The van der Waals surface area contributed by atoms with Gasteiger partial charge in [-0.15, -0.1) is 11.8 Å². The predicted octanol–water partition coefficient (Wildman–Crippen LogP) is 4.25. The van der Waals surface area contributed by atoms with E-state index in [9.17, 15) is 9.59 Å². The molecule has 0 saturated carbocycles. The summed E-state index contributed by atoms with van der Waals surface area (Å²) in [4.78, 5) is 26.8. The van der Waals surface area contributed by atoms with Gasteiger partial charge in [0.25, 0.3) is 0 Å². The number of carbonyl (C=O) groups is 2. The number of nitrogens with zero attached hydrogens (tertiary/aromatic N) is 1. The number of halogens is 2. The van der Waals surface area contributed by atoms with Crippen LogP contribution in [-0.4, -0.2) is 35.6 Å². The summed E-state index contributed by atoms with van der Waals surface area (Å²) in [5.74, 6) is -0.177. The second-order valence-corrected chi connectivity index (χ2v) is 7.39. The van der Waals surface area contributed by atoms with Crippen LogP contribution < -0.4 is 5.32 Å². The van der Waals surface area contributed by atoms with Crippen LogP contribution in [0.1, 0.15) is 12.5 Å². The average molecular weight is 411 g/mol. The number of nitrogens with one attached hydrogen (secondary N) is 1. The zero-order chi connectivity index (χ0) is 18.9. The maximum absolute atomic E-state index is 12.3. The van der Waals surface area contributed by atoms with E-state index in [1.807, 2.05) is 37.3 Å². The molecule has 138 valence electrons. The Labute approximate surface area is 167 Å². The Bertz CT molecular complexity index is 756. The predicted molar refractivity (Wildman–Crippen MR) is 108 cm³/mol. The molecule has 0 bridgehead atoms. The molecular weight excluding hydrogens is 391 g/mol. The number of rotatable bonds is 8. The lowest BCUT2D eigenvalue weighted by atomic mass is 10.2. The van der Waals surface area contributed by atoms with E-state index in [0.29, 0.717) is 23.1 Å². The van der Waals surface area contributed by atoms with Gasteiger partial charge in [0.2, 0.25) is 11.8 Å². The molecule has 2 amide bonds. The highest BCUT2D eigenvalue weighted by molar-refractivity contribution is 8.00. The minimum Gasteiger partial charge on any atom is -0.346 e. The fraction of sp³-hybridized carbons (Fsp3) is 0.263. The Morgan fingerprint density at radius 1 is 1.12 bits per heavy atom. The molecule has 0 saturated heterocycles.